The first kappa shape index (κ1) is 16.0. The Labute approximate surface area is 115 Å². The summed E-state index contributed by atoms with van der Waals surface area (Å²) in [6.07, 6.45) is 8.59. The number of nitrogens with zero attached hydrogens (tertiary/aromatic N) is 1. The molecule has 2 nitrogen and oxygen atoms in total. The van der Waals surface area contributed by atoms with Gasteiger partial charge in [-0.2, -0.15) is 0 Å². The molecular weight excluding hydrogens is 220 g/mol. The van der Waals surface area contributed by atoms with E-state index in [0.717, 1.165) is 24.9 Å². The van der Waals surface area contributed by atoms with Crippen molar-refractivity contribution in [3.8, 4) is 0 Å². The molecule has 0 radical (unpaired) electrons. The summed E-state index contributed by atoms with van der Waals surface area (Å²) in [7, 11) is 2.31. The molecule has 108 valence electrons. The smallest absolute Gasteiger partial charge is 0.00760 e. The van der Waals surface area contributed by atoms with E-state index < -0.39 is 0 Å². The molecule has 1 atom stereocenters. The zero-order chi connectivity index (χ0) is 13.4. The molecule has 1 N–H and O–H groups in total. The Kier molecular flexibility index (Phi) is 7.92. The second kappa shape index (κ2) is 8.92. The summed E-state index contributed by atoms with van der Waals surface area (Å²) in [5.74, 6) is 1.73. The summed E-state index contributed by atoms with van der Waals surface area (Å²) in [5, 5.41) is 3.55. The normalized spacial score (nSPS) is 19.7. The van der Waals surface area contributed by atoms with Crippen molar-refractivity contribution in [3.63, 3.8) is 0 Å². The average molecular weight is 254 g/mol. The largest absolute Gasteiger partial charge is 0.316 e. The van der Waals surface area contributed by atoms with Crippen LogP contribution in [0, 0.1) is 11.8 Å². The summed E-state index contributed by atoms with van der Waals surface area (Å²) in [6.45, 7) is 10.5. The molecule has 0 aliphatic heterocycles. The standard InChI is InChI=1S/C16H34N2/c1-14(2)12-17-11-10-15(3)18(4)13-16-8-6-5-7-9-16/h14-17H,5-13H2,1-4H3. The Bertz CT molecular complexity index is 197. The van der Waals surface area contributed by atoms with Gasteiger partial charge in [0.15, 0.2) is 0 Å². The maximum absolute atomic E-state index is 3.55. The molecule has 0 saturated heterocycles. The molecule has 1 fully saturated rings. The number of hydrogen-bond donors (Lipinski definition) is 1. The van der Waals surface area contributed by atoms with Crippen LogP contribution in [0.1, 0.15) is 59.3 Å². The number of nitrogens with one attached hydrogen (secondary N) is 1. The van der Waals surface area contributed by atoms with E-state index in [1.165, 1.54) is 45.1 Å². The van der Waals surface area contributed by atoms with E-state index in [-0.39, 0.29) is 0 Å². The van der Waals surface area contributed by atoms with Crippen molar-refractivity contribution < 1.29 is 0 Å². The second-order valence-electron chi connectivity index (χ2n) is 6.68. The number of hydrogen-bond acceptors (Lipinski definition) is 2. The van der Waals surface area contributed by atoms with Gasteiger partial charge in [-0.25, -0.2) is 0 Å². The van der Waals surface area contributed by atoms with Crippen molar-refractivity contribution >= 4 is 0 Å². The molecule has 0 amide bonds. The van der Waals surface area contributed by atoms with Crippen LogP contribution in [0.15, 0.2) is 0 Å². The van der Waals surface area contributed by atoms with Gasteiger partial charge in [-0.05, 0) is 58.2 Å². The monoisotopic (exact) mass is 254 g/mol. The maximum atomic E-state index is 3.55. The van der Waals surface area contributed by atoms with E-state index in [2.05, 4.69) is 38.0 Å². The van der Waals surface area contributed by atoms with Crippen LogP contribution < -0.4 is 5.32 Å². The highest BCUT2D eigenvalue weighted by atomic mass is 15.1. The van der Waals surface area contributed by atoms with Crippen LogP contribution in [0.3, 0.4) is 0 Å². The predicted octanol–water partition coefficient (Wildman–Crippen LogP) is 3.52. The summed E-state index contributed by atoms with van der Waals surface area (Å²) < 4.78 is 0. The quantitative estimate of drug-likeness (QED) is 0.667. The van der Waals surface area contributed by atoms with Gasteiger partial charge in [0, 0.05) is 12.6 Å². The van der Waals surface area contributed by atoms with Gasteiger partial charge < -0.3 is 10.2 Å². The molecule has 1 unspecified atom stereocenters. The van der Waals surface area contributed by atoms with Crippen molar-refractivity contribution in [1.29, 1.82) is 0 Å². The first-order valence-corrected chi connectivity index (χ1v) is 8.00. The zero-order valence-electron chi connectivity index (χ0n) is 13.0. The number of rotatable bonds is 8. The lowest BCUT2D eigenvalue weighted by atomic mass is 9.89. The zero-order valence-corrected chi connectivity index (χ0v) is 13.0. The first-order chi connectivity index (χ1) is 8.59. The van der Waals surface area contributed by atoms with Gasteiger partial charge in [0.25, 0.3) is 0 Å². The molecule has 0 heterocycles. The molecule has 0 aromatic rings. The fourth-order valence-electron chi connectivity index (χ4n) is 2.88. The van der Waals surface area contributed by atoms with Crippen molar-refractivity contribution in [3.05, 3.63) is 0 Å². The molecule has 0 aromatic heterocycles. The van der Waals surface area contributed by atoms with E-state index in [4.69, 9.17) is 0 Å². The lowest BCUT2D eigenvalue weighted by molar-refractivity contribution is 0.184. The average Bonchev–Trinajstić information content (AvgIpc) is 2.35. The third kappa shape index (κ3) is 6.75. The third-order valence-electron chi connectivity index (χ3n) is 4.31. The van der Waals surface area contributed by atoms with Crippen molar-refractivity contribution in [1.82, 2.24) is 10.2 Å². The summed E-state index contributed by atoms with van der Waals surface area (Å²) in [6, 6.07) is 0.714. The Morgan fingerprint density at radius 1 is 1.11 bits per heavy atom. The minimum absolute atomic E-state index is 0.714. The van der Waals surface area contributed by atoms with Crippen LogP contribution in [0.25, 0.3) is 0 Å². The van der Waals surface area contributed by atoms with E-state index >= 15 is 0 Å². The fraction of sp³-hybridized carbons (Fsp3) is 1.00. The first-order valence-electron chi connectivity index (χ1n) is 8.00. The fourth-order valence-corrected chi connectivity index (χ4v) is 2.88. The summed E-state index contributed by atoms with van der Waals surface area (Å²) in [5.41, 5.74) is 0. The second-order valence-corrected chi connectivity index (χ2v) is 6.68. The van der Waals surface area contributed by atoms with Crippen LogP contribution in [0.4, 0.5) is 0 Å². The minimum atomic E-state index is 0.714. The van der Waals surface area contributed by atoms with Gasteiger partial charge in [-0.3, -0.25) is 0 Å². The van der Waals surface area contributed by atoms with E-state index in [1.807, 2.05) is 0 Å². The topological polar surface area (TPSA) is 15.3 Å². The van der Waals surface area contributed by atoms with Crippen molar-refractivity contribution in [2.45, 2.75) is 65.3 Å². The lowest BCUT2D eigenvalue weighted by Crippen LogP contribution is -2.36. The molecule has 0 aromatic carbocycles. The van der Waals surface area contributed by atoms with Gasteiger partial charge in [0.2, 0.25) is 0 Å². The van der Waals surface area contributed by atoms with Crippen LogP contribution >= 0.6 is 0 Å². The third-order valence-corrected chi connectivity index (χ3v) is 4.31. The molecule has 0 bridgehead atoms. The lowest BCUT2D eigenvalue weighted by Gasteiger charge is -2.31. The van der Waals surface area contributed by atoms with Gasteiger partial charge in [-0.1, -0.05) is 33.1 Å². The highest BCUT2D eigenvalue weighted by molar-refractivity contribution is 4.72. The molecule has 2 heteroatoms. The van der Waals surface area contributed by atoms with E-state index in [9.17, 15) is 0 Å². The van der Waals surface area contributed by atoms with Crippen LogP contribution in [-0.2, 0) is 0 Å². The Morgan fingerprint density at radius 2 is 1.78 bits per heavy atom. The summed E-state index contributed by atoms with van der Waals surface area (Å²) >= 11 is 0. The predicted molar refractivity (Wildman–Crippen MR) is 81.0 cm³/mol. The van der Waals surface area contributed by atoms with Crippen LogP contribution in [-0.4, -0.2) is 37.6 Å². The van der Waals surface area contributed by atoms with Crippen molar-refractivity contribution in [2.24, 2.45) is 11.8 Å². The Morgan fingerprint density at radius 3 is 2.39 bits per heavy atom. The Balaban J connectivity index is 2.09. The molecule has 1 aliphatic rings. The molecule has 18 heavy (non-hydrogen) atoms. The van der Waals surface area contributed by atoms with Gasteiger partial charge in [-0.15, -0.1) is 0 Å². The SMILES string of the molecule is CC(C)CNCCC(C)N(C)CC1CCCCC1. The van der Waals surface area contributed by atoms with Gasteiger partial charge in [0.05, 0.1) is 0 Å². The van der Waals surface area contributed by atoms with Crippen LogP contribution in [0.2, 0.25) is 0 Å². The molecule has 1 aliphatic carbocycles. The molecular formula is C16H34N2. The van der Waals surface area contributed by atoms with Crippen molar-refractivity contribution in [2.75, 3.05) is 26.7 Å². The molecule has 1 rings (SSSR count). The minimum Gasteiger partial charge on any atom is -0.316 e. The molecule has 0 spiro atoms. The highest BCUT2D eigenvalue weighted by Gasteiger charge is 2.17. The summed E-state index contributed by atoms with van der Waals surface area (Å²) in [4.78, 5) is 2.58. The van der Waals surface area contributed by atoms with E-state index in [1.54, 1.807) is 0 Å². The highest BCUT2D eigenvalue weighted by Crippen LogP contribution is 2.24. The van der Waals surface area contributed by atoms with Gasteiger partial charge in [0.1, 0.15) is 0 Å². The van der Waals surface area contributed by atoms with Crippen LogP contribution in [0.5, 0.6) is 0 Å². The Hall–Kier alpha value is -0.0800. The van der Waals surface area contributed by atoms with Gasteiger partial charge >= 0.3 is 0 Å². The molecule has 1 saturated carbocycles. The maximum Gasteiger partial charge on any atom is 0.00760 e. The van der Waals surface area contributed by atoms with E-state index in [0.29, 0.717) is 6.04 Å².